The number of esters is 1. The third-order valence-electron chi connectivity index (χ3n) is 2.42. The number of hydrogen-bond donors (Lipinski definition) is 1. The Hall–Kier alpha value is -1.43. The van der Waals surface area contributed by atoms with E-state index >= 15 is 0 Å². The first-order valence-corrected chi connectivity index (χ1v) is 5.93. The van der Waals surface area contributed by atoms with E-state index in [4.69, 9.17) is 4.74 Å². The molecule has 0 aliphatic carbocycles. The number of carbonyl (C=O) groups is 1. The Morgan fingerprint density at radius 2 is 2.35 bits per heavy atom. The summed E-state index contributed by atoms with van der Waals surface area (Å²) in [5.41, 5.74) is 0. The summed E-state index contributed by atoms with van der Waals surface area (Å²) >= 11 is 0. The molecule has 0 amide bonds. The van der Waals surface area contributed by atoms with Gasteiger partial charge in [0.15, 0.2) is 0 Å². The predicted molar refractivity (Wildman–Crippen MR) is 63.2 cm³/mol. The highest BCUT2D eigenvalue weighted by Crippen LogP contribution is 1.98. The molecule has 6 heteroatoms. The molecule has 17 heavy (non-hydrogen) atoms. The number of nitrogens with one attached hydrogen (secondary N) is 1. The van der Waals surface area contributed by atoms with Crippen molar-refractivity contribution in [2.75, 3.05) is 6.61 Å². The lowest BCUT2D eigenvalue weighted by atomic mass is 10.2. The molecule has 0 aromatic carbocycles. The fourth-order valence-electron chi connectivity index (χ4n) is 1.49. The van der Waals surface area contributed by atoms with Crippen LogP contribution in [0.25, 0.3) is 0 Å². The lowest BCUT2D eigenvalue weighted by Gasteiger charge is -2.12. The van der Waals surface area contributed by atoms with E-state index in [0.29, 0.717) is 19.6 Å². The highest BCUT2D eigenvalue weighted by atomic mass is 16.5. The topological polar surface area (TPSA) is 69.0 Å². The Labute approximate surface area is 101 Å². The van der Waals surface area contributed by atoms with E-state index in [-0.39, 0.29) is 12.0 Å². The molecule has 1 rings (SSSR count). The van der Waals surface area contributed by atoms with Crippen molar-refractivity contribution in [2.24, 2.45) is 0 Å². The molecule has 0 saturated heterocycles. The summed E-state index contributed by atoms with van der Waals surface area (Å²) in [6, 6.07) is 0.0658. The van der Waals surface area contributed by atoms with E-state index in [2.05, 4.69) is 15.5 Å². The third-order valence-corrected chi connectivity index (χ3v) is 2.42. The maximum absolute atomic E-state index is 11.2. The smallest absolute Gasteiger partial charge is 0.307 e. The van der Waals surface area contributed by atoms with Gasteiger partial charge in [-0.05, 0) is 20.8 Å². The van der Waals surface area contributed by atoms with Crippen LogP contribution in [0.5, 0.6) is 0 Å². The van der Waals surface area contributed by atoms with Crippen LogP contribution >= 0.6 is 0 Å². The quantitative estimate of drug-likeness (QED) is 0.711. The van der Waals surface area contributed by atoms with Gasteiger partial charge in [0, 0.05) is 12.6 Å². The summed E-state index contributed by atoms with van der Waals surface area (Å²) in [6.45, 7) is 7.67. The maximum Gasteiger partial charge on any atom is 0.307 e. The third kappa shape index (κ3) is 4.52. The van der Waals surface area contributed by atoms with Gasteiger partial charge in [0.25, 0.3) is 0 Å². The largest absolute Gasteiger partial charge is 0.466 e. The first-order valence-electron chi connectivity index (χ1n) is 5.93. The van der Waals surface area contributed by atoms with Gasteiger partial charge in [-0.25, -0.2) is 0 Å². The monoisotopic (exact) mass is 240 g/mol. The summed E-state index contributed by atoms with van der Waals surface area (Å²) in [4.78, 5) is 11.2. The van der Waals surface area contributed by atoms with Crippen molar-refractivity contribution in [1.82, 2.24) is 20.1 Å². The highest BCUT2D eigenvalue weighted by molar-refractivity contribution is 5.69. The summed E-state index contributed by atoms with van der Waals surface area (Å²) < 4.78 is 6.84. The van der Waals surface area contributed by atoms with E-state index in [9.17, 15) is 4.79 Å². The Morgan fingerprint density at radius 3 is 3.00 bits per heavy atom. The number of carbonyl (C=O) groups excluding carboxylic acids is 1. The molecule has 0 saturated carbocycles. The zero-order valence-electron chi connectivity index (χ0n) is 10.6. The molecule has 1 aromatic rings. The first kappa shape index (κ1) is 13.6. The molecular formula is C11H20N4O2. The lowest BCUT2D eigenvalue weighted by molar-refractivity contribution is -0.143. The molecule has 1 heterocycles. The van der Waals surface area contributed by atoms with Crippen LogP contribution in [0.3, 0.4) is 0 Å². The molecule has 1 N–H and O–H groups in total. The van der Waals surface area contributed by atoms with Gasteiger partial charge >= 0.3 is 5.97 Å². The summed E-state index contributed by atoms with van der Waals surface area (Å²) in [6.07, 6.45) is 2.07. The SMILES string of the molecule is CCOC(=O)CC(C)NCc1nncn1CC. The minimum atomic E-state index is -0.176. The van der Waals surface area contributed by atoms with Gasteiger partial charge in [-0.2, -0.15) is 0 Å². The summed E-state index contributed by atoms with van der Waals surface area (Å²) in [5, 5.41) is 11.1. The molecule has 6 nitrogen and oxygen atoms in total. The minimum Gasteiger partial charge on any atom is -0.466 e. The second kappa shape index (κ2) is 7.01. The van der Waals surface area contributed by atoms with Gasteiger partial charge in [0.2, 0.25) is 0 Å². The van der Waals surface area contributed by atoms with Crippen molar-refractivity contribution in [3.63, 3.8) is 0 Å². The number of aromatic nitrogens is 3. The van der Waals surface area contributed by atoms with Gasteiger partial charge in [-0.15, -0.1) is 10.2 Å². The molecule has 0 bridgehead atoms. The molecule has 0 aliphatic rings. The number of hydrogen-bond acceptors (Lipinski definition) is 5. The molecule has 1 aromatic heterocycles. The maximum atomic E-state index is 11.2. The molecule has 96 valence electrons. The van der Waals surface area contributed by atoms with Gasteiger partial charge < -0.3 is 14.6 Å². The van der Waals surface area contributed by atoms with Crippen LogP contribution in [0, 0.1) is 0 Å². The summed E-state index contributed by atoms with van der Waals surface area (Å²) in [7, 11) is 0. The number of rotatable bonds is 7. The predicted octanol–water partition coefficient (Wildman–Crippen LogP) is 0.729. The Balaban J connectivity index is 2.33. The van der Waals surface area contributed by atoms with Gasteiger partial charge in [0.05, 0.1) is 19.6 Å². The van der Waals surface area contributed by atoms with Crippen molar-refractivity contribution in [3.8, 4) is 0 Å². The number of ether oxygens (including phenoxy) is 1. The Kier molecular flexibility index (Phi) is 5.62. The second-order valence-electron chi connectivity index (χ2n) is 3.82. The molecule has 1 atom stereocenters. The van der Waals surface area contributed by atoms with E-state index in [0.717, 1.165) is 12.4 Å². The molecule has 1 unspecified atom stereocenters. The standard InChI is InChI=1S/C11H20N4O2/c1-4-15-8-13-14-10(15)7-12-9(3)6-11(16)17-5-2/h8-9,12H,4-7H2,1-3H3. The van der Waals surface area contributed by atoms with Crippen LogP contribution < -0.4 is 5.32 Å². The van der Waals surface area contributed by atoms with Crippen molar-refractivity contribution in [1.29, 1.82) is 0 Å². The van der Waals surface area contributed by atoms with E-state index in [1.807, 2.05) is 18.4 Å². The number of nitrogens with zero attached hydrogens (tertiary/aromatic N) is 3. The molecule has 0 spiro atoms. The molecule has 0 radical (unpaired) electrons. The van der Waals surface area contributed by atoms with Crippen molar-refractivity contribution in [2.45, 2.75) is 46.3 Å². The first-order chi connectivity index (χ1) is 8.17. The van der Waals surface area contributed by atoms with Crippen LogP contribution in [-0.4, -0.2) is 33.4 Å². The van der Waals surface area contributed by atoms with Crippen LogP contribution in [0.1, 0.15) is 33.0 Å². The zero-order chi connectivity index (χ0) is 12.7. The minimum absolute atomic E-state index is 0.0658. The van der Waals surface area contributed by atoms with Gasteiger partial charge in [0.1, 0.15) is 12.2 Å². The normalized spacial score (nSPS) is 12.4. The van der Waals surface area contributed by atoms with E-state index < -0.39 is 0 Å². The van der Waals surface area contributed by atoms with Crippen molar-refractivity contribution >= 4 is 5.97 Å². The van der Waals surface area contributed by atoms with Crippen LogP contribution in [-0.2, 0) is 22.6 Å². The number of aryl methyl sites for hydroxylation is 1. The zero-order valence-corrected chi connectivity index (χ0v) is 10.6. The Morgan fingerprint density at radius 1 is 1.59 bits per heavy atom. The van der Waals surface area contributed by atoms with Crippen LogP contribution in [0.15, 0.2) is 6.33 Å². The fourth-order valence-corrected chi connectivity index (χ4v) is 1.49. The van der Waals surface area contributed by atoms with Crippen molar-refractivity contribution < 1.29 is 9.53 Å². The average molecular weight is 240 g/mol. The molecule has 0 aliphatic heterocycles. The second-order valence-corrected chi connectivity index (χ2v) is 3.82. The van der Waals surface area contributed by atoms with Gasteiger partial charge in [-0.3, -0.25) is 4.79 Å². The van der Waals surface area contributed by atoms with Crippen LogP contribution in [0.2, 0.25) is 0 Å². The fraction of sp³-hybridized carbons (Fsp3) is 0.727. The van der Waals surface area contributed by atoms with Crippen LogP contribution in [0.4, 0.5) is 0 Å². The van der Waals surface area contributed by atoms with E-state index in [1.54, 1.807) is 13.3 Å². The van der Waals surface area contributed by atoms with Gasteiger partial charge in [-0.1, -0.05) is 0 Å². The van der Waals surface area contributed by atoms with E-state index in [1.165, 1.54) is 0 Å². The lowest BCUT2D eigenvalue weighted by Crippen LogP contribution is -2.29. The van der Waals surface area contributed by atoms with Crippen molar-refractivity contribution in [3.05, 3.63) is 12.2 Å². The summed E-state index contributed by atoms with van der Waals surface area (Å²) in [5.74, 6) is 0.702. The molecule has 0 fully saturated rings. The average Bonchev–Trinajstić information content (AvgIpc) is 2.73. The molecular weight excluding hydrogens is 220 g/mol. The highest BCUT2D eigenvalue weighted by Gasteiger charge is 2.10. The Bertz CT molecular complexity index is 351.